The second kappa shape index (κ2) is 3.88. The lowest BCUT2D eigenvalue weighted by molar-refractivity contribution is -0.123. The van der Waals surface area contributed by atoms with Crippen LogP contribution in [-0.2, 0) is 4.79 Å². The third-order valence-corrected chi connectivity index (χ3v) is 2.18. The van der Waals surface area contributed by atoms with Crippen molar-refractivity contribution in [3.05, 3.63) is 24.3 Å². The number of nitrogens with two attached hydrogens (primary N) is 1. The zero-order valence-electron chi connectivity index (χ0n) is 8.08. The van der Waals surface area contributed by atoms with Gasteiger partial charge in [0.1, 0.15) is 5.75 Å². The standard InChI is InChI=1S/C10H12ClNO2/c1-10(2,9(11)13)14-8-5-3-7(12)4-6-8/h3-6H,12H2,1-2H3. The number of anilines is 1. The van der Waals surface area contributed by atoms with Crippen LogP contribution in [0.4, 0.5) is 5.69 Å². The highest BCUT2D eigenvalue weighted by Gasteiger charge is 2.27. The van der Waals surface area contributed by atoms with Crippen molar-refractivity contribution in [2.75, 3.05) is 5.73 Å². The summed E-state index contributed by atoms with van der Waals surface area (Å²) in [6.07, 6.45) is 0. The van der Waals surface area contributed by atoms with E-state index in [0.717, 1.165) is 0 Å². The summed E-state index contributed by atoms with van der Waals surface area (Å²) in [4.78, 5) is 11.0. The van der Waals surface area contributed by atoms with E-state index in [9.17, 15) is 4.79 Å². The summed E-state index contributed by atoms with van der Waals surface area (Å²) in [5.41, 5.74) is 5.13. The van der Waals surface area contributed by atoms with Crippen molar-refractivity contribution in [3.63, 3.8) is 0 Å². The quantitative estimate of drug-likeness (QED) is 0.619. The van der Waals surface area contributed by atoms with E-state index >= 15 is 0 Å². The maximum absolute atomic E-state index is 11.0. The van der Waals surface area contributed by atoms with Crippen LogP contribution in [-0.4, -0.2) is 10.8 Å². The van der Waals surface area contributed by atoms with Gasteiger partial charge in [-0.15, -0.1) is 0 Å². The van der Waals surface area contributed by atoms with Crippen molar-refractivity contribution in [2.24, 2.45) is 0 Å². The Morgan fingerprint density at radius 1 is 1.36 bits per heavy atom. The monoisotopic (exact) mass is 213 g/mol. The lowest BCUT2D eigenvalue weighted by Gasteiger charge is -2.21. The number of ether oxygens (including phenoxy) is 1. The summed E-state index contributed by atoms with van der Waals surface area (Å²) < 4.78 is 5.38. The fourth-order valence-corrected chi connectivity index (χ4v) is 0.909. The van der Waals surface area contributed by atoms with E-state index in [2.05, 4.69) is 0 Å². The van der Waals surface area contributed by atoms with E-state index in [0.29, 0.717) is 11.4 Å². The topological polar surface area (TPSA) is 52.3 Å². The first kappa shape index (κ1) is 10.9. The lowest BCUT2D eigenvalue weighted by Crippen LogP contribution is -2.34. The van der Waals surface area contributed by atoms with E-state index in [1.165, 1.54) is 0 Å². The molecule has 1 aromatic rings. The normalized spacial score (nSPS) is 11.1. The van der Waals surface area contributed by atoms with Gasteiger partial charge in [0.05, 0.1) is 0 Å². The number of carbonyl (C=O) groups is 1. The first-order valence-corrected chi connectivity index (χ1v) is 4.54. The first-order valence-electron chi connectivity index (χ1n) is 4.16. The summed E-state index contributed by atoms with van der Waals surface area (Å²) in [7, 11) is 0. The minimum absolute atomic E-state index is 0.533. The van der Waals surface area contributed by atoms with Crippen LogP contribution >= 0.6 is 11.6 Å². The summed E-state index contributed by atoms with van der Waals surface area (Å²) >= 11 is 5.36. The average Bonchev–Trinajstić information content (AvgIpc) is 2.08. The molecule has 0 spiro atoms. The number of halogens is 1. The van der Waals surface area contributed by atoms with Gasteiger partial charge in [-0.05, 0) is 49.7 Å². The summed E-state index contributed by atoms with van der Waals surface area (Å²) in [6.45, 7) is 3.22. The number of rotatable bonds is 3. The van der Waals surface area contributed by atoms with Gasteiger partial charge in [0.2, 0.25) is 0 Å². The molecule has 0 aromatic heterocycles. The van der Waals surface area contributed by atoms with E-state index in [1.54, 1.807) is 38.1 Å². The van der Waals surface area contributed by atoms with Crippen LogP contribution in [0.5, 0.6) is 5.75 Å². The molecule has 3 nitrogen and oxygen atoms in total. The SMILES string of the molecule is CC(C)(Oc1ccc(N)cc1)C(=O)Cl. The molecule has 0 amide bonds. The van der Waals surface area contributed by atoms with Crippen molar-refractivity contribution >= 4 is 22.5 Å². The molecule has 4 heteroatoms. The minimum Gasteiger partial charge on any atom is -0.479 e. The molecule has 0 heterocycles. The molecule has 76 valence electrons. The van der Waals surface area contributed by atoms with Crippen LogP contribution in [0.15, 0.2) is 24.3 Å². The molecule has 0 saturated heterocycles. The molecule has 0 unspecified atom stereocenters. The number of nitrogen functional groups attached to an aromatic ring is 1. The molecule has 1 rings (SSSR count). The van der Waals surface area contributed by atoms with Crippen LogP contribution in [0, 0.1) is 0 Å². The molecular formula is C10H12ClNO2. The molecule has 0 saturated carbocycles. The van der Waals surface area contributed by atoms with Gasteiger partial charge in [-0.2, -0.15) is 0 Å². The third kappa shape index (κ3) is 2.64. The second-order valence-electron chi connectivity index (χ2n) is 3.46. The molecule has 14 heavy (non-hydrogen) atoms. The van der Waals surface area contributed by atoms with E-state index in [-0.39, 0.29) is 0 Å². The second-order valence-corrected chi connectivity index (χ2v) is 3.80. The Labute approximate surface area is 87.8 Å². The van der Waals surface area contributed by atoms with Crippen molar-refractivity contribution in [3.8, 4) is 5.75 Å². The molecule has 0 fully saturated rings. The van der Waals surface area contributed by atoms with Gasteiger partial charge < -0.3 is 10.5 Å². The van der Waals surface area contributed by atoms with E-state index in [1.807, 2.05) is 0 Å². The molecular weight excluding hydrogens is 202 g/mol. The highest BCUT2D eigenvalue weighted by molar-refractivity contribution is 6.65. The molecule has 0 atom stereocenters. The van der Waals surface area contributed by atoms with Crippen molar-refractivity contribution < 1.29 is 9.53 Å². The van der Waals surface area contributed by atoms with Crippen molar-refractivity contribution in [2.45, 2.75) is 19.4 Å². The maximum atomic E-state index is 11.0. The third-order valence-electron chi connectivity index (χ3n) is 1.73. The lowest BCUT2D eigenvalue weighted by atomic mass is 10.1. The fraction of sp³-hybridized carbons (Fsp3) is 0.300. The van der Waals surface area contributed by atoms with Crippen LogP contribution in [0.2, 0.25) is 0 Å². The summed E-state index contributed by atoms with van der Waals surface area (Å²) in [5, 5.41) is -0.533. The van der Waals surface area contributed by atoms with Crippen LogP contribution in [0.1, 0.15) is 13.8 Å². The minimum atomic E-state index is -1.02. The van der Waals surface area contributed by atoms with Gasteiger partial charge in [-0.3, -0.25) is 4.79 Å². The molecule has 0 bridgehead atoms. The molecule has 0 aliphatic heterocycles. The largest absolute Gasteiger partial charge is 0.479 e. The summed E-state index contributed by atoms with van der Waals surface area (Å²) in [5.74, 6) is 0.568. The first-order chi connectivity index (χ1) is 6.42. The van der Waals surface area contributed by atoms with Crippen molar-refractivity contribution in [1.82, 2.24) is 0 Å². The van der Waals surface area contributed by atoms with Gasteiger partial charge in [-0.1, -0.05) is 0 Å². The Morgan fingerprint density at radius 3 is 2.29 bits per heavy atom. The van der Waals surface area contributed by atoms with E-state index in [4.69, 9.17) is 22.1 Å². The summed E-state index contributed by atoms with van der Waals surface area (Å²) in [6, 6.07) is 6.78. The predicted octanol–water partition coefficient (Wildman–Crippen LogP) is 2.19. The highest BCUT2D eigenvalue weighted by Crippen LogP contribution is 2.21. The van der Waals surface area contributed by atoms with E-state index < -0.39 is 10.8 Å². The highest BCUT2D eigenvalue weighted by atomic mass is 35.5. The Hall–Kier alpha value is -1.22. The van der Waals surface area contributed by atoms with Gasteiger partial charge in [-0.25, -0.2) is 0 Å². The zero-order valence-corrected chi connectivity index (χ0v) is 8.84. The molecule has 0 aliphatic carbocycles. The zero-order chi connectivity index (χ0) is 10.8. The van der Waals surface area contributed by atoms with Gasteiger partial charge in [0, 0.05) is 5.69 Å². The molecule has 0 radical (unpaired) electrons. The van der Waals surface area contributed by atoms with Gasteiger partial charge >= 0.3 is 0 Å². The average molecular weight is 214 g/mol. The Kier molecular flexibility index (Phi) is 3.01. The number of carbonyl (C=O) groups excluding carboxylic acids is 1. The maximum Gasteiger partial charge on any atom is 0.264 e. The van der Waals surface area contributed by atoms with Gasteiger partial charge in [0.15, 0.2) is 5.60 Å². The van der Waals surface area contributed by atoms with Crippen LogP contribution in [0.3, 0.4) is 0 Å². The fourth-order valence-electron chi connectivity index (χ4n) is 0.871. The number of benzene rings is 1. The molecule has 1 aromatic carbocycles. The molecule has 0 aliphatic rings. The van der Waals surface area contributed by atoms with Crippen molar-refractivity contribution in [1.29, 1.82) is 0 Å². The smallest absolute Gasteiger partial charge is 0.264 e. The number of hydrogen-bond acceptors (Lipinski definition) is 3. The van der Waals surface area contributed by atoms with Crippen LogP contribution in [0.25, 0.3) is 0 Å². The van der Waals surface area contributed by atoms with Crippen LogP contribution < -0.4 is 10.5 Å². The Bertz CT molecular complexity index is 332. The Morgan fingerprint density at radius 2 is 1.86 bits per heavy atom. The number of hydrogen-bond donors (Lipinski definition) is 1. The predicted molar refractivity (Wildman–Crippen MR) is 56.4 cm³/mol. The molecule has 2 N–H and O–H groups in total. The Balaban J connectivity index is 2.79. The van der Waals surface area contributed by atoms with Gasteiger partial charge in [0.25, 0.3) is 5.24 Å².